The van der Waals surface area contributed by atoms with Gasteiger partial charge in [-0.05, 0) is 32.4 Å². The van der Waals surface area contributed by atoms with Crippen LogP contribution in [-0.2, 0) is 19.1 Å². The van der Waals surface area contributed by atoms with Gasteiger partial charge in [0, 0.05) is 6.07 Å². The molecule has 2 N–H and O–H groups in total. The molecular weight excluding hydrogens is 368 g/mol. The van der Waals surface area contributed by atoms with E-state index in [2.05, 4.69) is 4.74 Å². The van der Waals surface area contributed by atoms with Gasteiger partial charge in [0.2, 0.25) is 0 Å². The molecular formula is C20H30O8. The first-order chi connectivity index (χ1) is 13.2. The topological polar surface area (TPSA) is 112 Å². The molecule has 2 unspecified atom stereocenters. The highest BCUT2D eigenvalue weighted by Gasteiger charge is 2.33. The second-order valence-corrected chi connectivity index (χ2v) is 7.05. The summed E-state index contributed by atoms with van der Waals surface area (Å²) in [4.78, 5) is 23.4. The van der Waals surface area contributed by atoms with Crippen molar-refractivity contribution < 1.29 is 38.7 Å². The van der Waals surface area contributed by atoms with Gasteiger partial charge in [0.25, 0.3) is 0 Å². The summed E-state index contributed by atoms with van der Waals surface area (Å²) in [6.07, 6.45) is -1.10. The van der Waals surface area contributed by atoms with Crippen molar-refractivity contribution >= 4 is 11.9 Å². The fourth-order valence-electron chi connectivity index (χ4n) is 2.08. The van der Waals surface area contributed by atoms with Crippen LogP contribution < -0.4 is 9.47 Å². The second kappa shape index (κ2) is 11.5. The summed E-state index contributed by atoms with van der Waals surface area (Å²) in [5.74, 6) is -0.114. The van der Waals surface area contributed by atoms with Gasteiger partial charge < -0.3 is 29.2 Å². The molecule has 8 nitrogen and oxygen atoms in total. The lowest BCUT2D eigenvalue weighted by molar-refractivity contribution is -0.162. The zero-order valence-corrected chi connectivity index (χ0v) is 16.8. The molecule has 0 aliphatic rings. The van der Waals surface area contributed by atoms with E-state index in [0.29, 0.717) is 17.9 Å². The highest BCUT2D eigenvalue weighted by molar-refractivity contribution is 5.82. The standard InChI is InChI=1S/C20H30O8/c1-5-14(21)11-26-16-7-6-8-17(9-16)27-12-15(22)13-28-19(24)20(2,3)10-18(23)25-4/h6-9,14-15,21-22H,5,10-13H2,1-4H3. The van der Waals surface area contributed by atoms with Crippen molar-refractivity contribution in [3.8, 4) is 11.5 Å². The van der Waals surface area contributed by atoms with Crippen molar-refractivity contribution in [1.29, 1.82) is 0 Å². The number of aliphatic hydroxyl groups excluding tert-OH is 2. The average molecular weight is 398 g/mol. The minimum absolute atomic E-state index is 0.0915. The molecule has 28 heavy (non-hydrogen) atoms. The van der Waals surface area contributed by atoms with E-state index < -0.39 is 29.6 Å². The van der Waals surface area contributed by atoms with Crippen molar-refractivity contribution in [1.82, 2.24) is 0 Å². The molecule has 0 spiro atoms. The molecule has 0 amide bonds. The van der Waals surface area contributed by atoms with Crippen molar-refractivity contribution in [2.75, 3.05) is 26.9 Å². The van der Waals surface area contributed by atoms with E-state index in [1.54, 1.807) is 38.1 Å². The molecule has 0 aromatic heterocycles. The smallest absolute Gasteiger partial charge is 0.312 e. The Bertz CT molecular complexity index is 628. The van der Waals surface area contributed by atoms with Gasteiger partial charge in [-0.25, -0.2) is 0 Å². The molecule has 0 saturated carbocycles. The fraction of sp³-hybridized carbons (Fsp3) is 0.600. The third kappa shape index (κ3) is 8.58. The van der Waals surface area contributed by atoms with E-state index in [1.165, 1.54) is 7.11 Å². The molecule has 0 aliphatic heterocycles. The Morgan fingerprint density at radius 2 is 1.61 bits per heavy atom. The Morgan fingerprint density at radius 3 is 2.14 bits per heavy atom. The first-order valence-electron chi connectivity index (χ1n) is 9.13. The van der Waals surface area contributed by atoms with Crippen molar-refractivity contribution in [3.05, 3.63) is 24.3 Å². The number of ether oxygens (including phenoxy) is 4. The minimum atomic E-state index is -1.05. The molecule has 2 atom stereocenters. The monoisotopic (exact) mass is 398 g/mol. The maximum absolute atomic E-state index is 12.1. The minimum Gasteiger partial charge on any atom is -0.491 e. The van der Waals surface area contributed by atoms with E-state index >= 15 is 0 Å². The number of carbonyl (C=O) groups is 2. The molecule has 0 aliphatic carbocycles. The Morgan fingerprint density at radius 1 is 1.04 bits per heavy atom. The first kappa shape index (κ1) is 23.7. The number of benzene rings is 1. The van der Waals surface area contributed by atoms with Gasteiger partial charge in [-0.3, -0.25) is 9.59 Å². The SMILES string of the molecule is CCC(O)COc1cccc(OCC(O)COC(=O)C(C)(C)CC(=O)OC)c1. The average Bonchev–Trinajstić information content (AvgIpc) is 2.68. The third-order valence-corrected chi connectivity index (χ3v) is 3.93. The Labute approximate surface area is 165 Å². The molecule has 0 bridgehead atoms. The molecule has 1 rings (SSSR count). The maximum atomic E-state index is 12.1. The molecule has 158 valence electrons. The summed E-state index contributed by atoms with van der Waals surface area (Å²) < 4.78 is 20.6. The highest BCUT2D eigenvalue weighted by atomic mass is 16.6. The van der Waals surface area contributed by atoms with Crippen molar-refractivity contribution in [2.45, 2.75) is 45.8 Å². The number of carbonyl (C=O) groups excluding carboxylic acids is 2. The summed E-state index contributed by atoms with van der Waals surface area (Å²) in [5, 5.41) is 19.5. The van der Waals surface area contributed by atoms with E-state index in [9.17, 15) is 19.8 Å². The molecule has 0 heterocycles. The zero-order valence-electron chi connectivity index (χ0n) is 16.8. The van der Waals surface area contributed by atoms with E-state index in [1.807, 2.05) is 6.92 Å². The molecule has 1 aromatic rings. The van der Waals surface area contributed by atoms with Gasteiger partial charge in [0.15, 0.2) is 0 Å². The number of rotatable bonds is 12. The second-order valence-electron chi connectivity index (χ2n) is 7.05. The predicted molar refractivity (Wildman–Crippen MR) is 101 cm³/mol. The van der Waals surface area contributed by atoms with Gasteiger partial charge in [-0.2, -0.15) is 0 Å². The quantitative estimate of drug-likeness (QED) is 0.512. The van der Waals surface area contributed by atoms with Crippen LogP contribution in [0.15, 0.2) is 24.3 Å². The predicted octanol–water partition coefficient (Wildman–Crippen LogP) is 1.71. The molecule has 8 heteroatoms. The largest absolute Gasteiger partial charge is 0.491 e. The lowest BCUT2D eigenvalue weighted by atomic mass is 9.89. The molecule has 0 saturated heterocycles. The van der Waals surface area contributed by atoms with Crippen LogP contribution in [0, 0.1) is 5.41 Å². The van der Waals surface area contributed by atoms with E-state index in [4.69, 9.17) is 14.2 Å². The zero-order chi connectivity index (χ0) is 21.2. The fourth-order valence-corrected chi connectivity index (χ4v) is 2.08. The Hall–Kier alpha value is -2.32. The highest BCUT2D eigenvalue weighted by Crippen LogP contribution is 2.23. The van der Waals surface area contributed by atoms with Crippen LogP contribution in [0.2, 0.25) is 0 Å². The van der Waals surface area contributed by atoms with Crippen molar-refractivity contribution in [2.24, 2.45) is 5.41 Å². The van der Waals surface area contributed by atoms with Crippen LogP contribution in [0.25, 0.3) is 0 Å². The van der Waals surface area contributed by atoms with Gasteiger partial charge in [-0.15, -0.1) is 0 Å². The number of hydrogen-bond donors (Lipinski definition) is 2. The van der Waals surface area contributed by atoms with Crippen LogP contribution in [0.3, 0.4) is 0 Å². The molecule has 0 fully saturated rings. The summed E-state index contributed by atoms with van der Waals surface area (Å²) in [7, 11) is 1.25. The summed E-state index contributed by atoms with van der Waals surface area (Å²) in [5.41, 5.74) is -1.05. The number of methoxy groups -OCH3 is 1. The van der Waals surface area contributed by atoms with Crippen LogP contribution in [0.4, 0.5) is 0 Å². The lowest BCUT2D eigenvalue weighted by Gasteiger charge is -2.22. The lowest BCUT2D eigenvalue weighted by Crippen LogP contribution is -2.33. The van der Waals surface area contributed by atoms with Crippen LogP contribution in [0.1, 0.15) is 33.6 Å². The molecule has 0 radical (unpaired) electrons. The number of hydrogen-bond acceptors (Lipinski definition) is 8. The summed E-state index contributed by atoms with van der Waals surface area (Å²) in [6.45, 7) is 4.82. The van der Waals surface area contributed by atoms with Gasteiger partial charge in [0.1, 0.15) is 37.4 Å². The summed E-state index contributed by atoms with van der Waals surface area (Å²) >= 11 is 0. The van der Waals surface area contributed by atoms with Gasteiger partial charge in [-0.1, -0.05) is 13.0 Å². The maximum Gasteiger partial charge on any atom is 0.312 e. The van der Waals surface area contributed by atoms with Crippen molar-refractivity contribution in [3.63, 3.8) is 0 Å². The van der Waals surface area contributed by atoms with Crippen LogP contribution in [-0.4, -0.2) is 61.3 Å². The normalized spacial score (nSPS) is 13.4. The van der Waals surface area contributed by atoms with Crippen LogP contribution >= 0.6 is 0 Å². The third-order valence-electron chi connectivity index (χ3n) is 3.93. The summed E-state index contributed by atoms with van der Waals surface area (Å²) in [6, 6.07) is 6.80. The molecule has 1 aromatic carbocycles. The number of esters is 2. The first-order valence-corrected chi connectivity index (χ1v) is 9.13. The van der Waals surface area contributed by atoms with E-state index in [-0.39, 0.29) is 26.2 Å². The van der Waals surface area contributed by atoms with Crippen LogP contribution in [0.5, 0.6) is 11.5 Å². The van der Waals surface area contributed by atoms with Gasteiger partial charge >= 0.3 is 11.9 Å². The Kier molecular flexibility index (Phi) is 9.75. The van der Waals surface area contributed by atoms with E-state index in [0.717, 1.165) is 0 Å². The number of aliphatic hydroxyl groups is 2. The van der Waals surface area contributed by atoms with Gasteiger partial charge in [0.05, 0.1) is 25.0 Å². The Balaban J connectivity index is 2.43.